The van der Waals surface area contributed by atoms with Gasteiger partial charge >= 0.3 is 0 Å². The minimum absolute atomic E-state index is 0.186. The van der Waals surface area contributed by atoms with Gasteiger partial charge in [-0.25, -0.2) is 4.39 Å². The number of benzene rings is 2. The molecule has 2 heterocycles. The molecule has 0 amide bonds. The van der Waals surface area contributed by atoms with Crippen LogP contribution in [0, 0.1) is 0 Å². The Morgan fingerprint density at radius 2 is 1.59 bits per heavy atom. The van der Waals surface area contributed by atoms with E-state index in [1.165, 1.54) is 0 Å². The molecular weight excluding hydrogens is 389 g/mol. The van der Waals surface area contributed by atoms with E-state index in [4.69, 9.17) is 0 Å². The minimum atomic E-state index is -3.80. The highest BCUT2D eigenvalue weighted by molar-refractivity contribution is 7.90. The van der Waals surface area contributed by atoms with Crippen LogP contribution in [0.2, 0.25) is 0 Å². The molecule has 0 radical (unpaired) electrons. The number of hydrogen-bond donors (Lipinski definition) is 0. The zero-order valence-corrected chi connectivity index (χ0v) is 17.7. The fourth-order valence-electron chi connectivity index (χ4n) is 3.74. The Bertz CT molecular complexity index is 1290. The standard InChI is InChI=1S/C22H24FN3O2S/c1-14(2)20-10-17-11-22-18(12-21(17)25(20)16(4)15(3)23)13-24-26(22)29(27,28)19-8-6-5-7-9-19/h5-16H,1-4H3/t15?,16-/m0/s1. The second-order valence-corrected chi connectivity index (χ2v) is 9.55. The van der Waals surface area contributed by atoms with Gasteiger partial charge < -0.3 is 4.57 Å². The summed E-state index contributed by atoms with van der Waals surface area (Å²) in [6.45, 7) is 7.57. The molecule has 0 spiro atoms. The van der Waals surface area contributed by atoms with Crippen molar-refractivity contribution in [3.8, 4) is 0 Å². The van der Waals surface area contributed by atoms with Gasteiger partial charge in [-0.2, -0.15) is 17.6 Å². The first kappa shape index (κ1) is 19.6. The number of nitrogens with zero attached hydrogens (tertiary/aromatic N) is 3. The molecule has 2 aromatic heterocycles. The molecule has 152 valence electrons. The lowest BCUT2D eigenvalue weighted by Crippen LogP contribution is -2.17. The molecule has 2 aromatic carbocycles. The van der Waals surface area contributed by atoms with Gasteiger partial charge in [0.15, 0.2) is 0 Å². The Balaban J connectivity index is 1.98. The lowest BCUT2D eigenvalue weighted by atomic mass is 10.1. The highest BCUT2D eigenvalue weighted by atomic mass is 32.2. The molecule has 7 heteroatoms. The van der Waals surface area contributed by atoms with Crippen LogP contribution in [0.15, 0.2) is 59.6 Å². The van der Waals surface area contributed by atoms with Crippen molar-refractivity contribution in [3.63, 3.8) is 0 Å². The van der Waals surface area contributed by atoms with Crippen molar-refractivity contribution in [2.45, 2.75) is 50.7 Å². The van der Waals surface area contributed by atoms with Gasteiger partial charge in [0.25, 0.3) is 10.0 Å². The predicted octanol–water partition coefficient (Wildman–Crippen LogP) is 5.27. The smallest absolute Gasteiger partial charge is 0.283 e. The molecule has 4 rings (SSSR count). The molecule has 0 aliphatic carbocycles. The van der Waals surface area contributed by atoms with Gasteiger partial charge in [0.1, 0.15) is 6.17 Å². The second kappa shape index (κ2) is 6.99. The number of halogens is 1. The van der Waals surface area contributed by atoms with Gasteiger partial charge in [-0.1, -0.05) is 32.0 Å². The molecule has 29 heavy (non-hydrogen) atoms. The molecule has 0 aliphatic heterocycles. The highest BCUT2D eigenvalue weighted by Gasteiger charge is 2.24. The van der Waals surface area contributed by atoms with Crippen LogP contribution < -0.4 is 0 Å². The largest absolute Gasteiger partial charge is 0.339 e. The van der Waals surface area contributed by atoms with Crippen molar-refractivity contribution in [1.29, 1.82) is 0 Å². The summed E-state index contributed by atoms with van der Waals surface area (Å²) >= 11 is 0. The quantitative estimate of drug-likeness (QED) is 0.448. The molecule has 2 atom stereocenters. The third kappa shape index (κ3) is 3.13. The van der Waals surface area contributed by atoms with Crippen LogP contribution in [0.3, 0.4) is 0 Å². The van der Waals surface area contributed by atoms with Crippen molar-refractivity contribution in [1.82, 2.24) is 13.8 Å². The van der Waals surface area contributed by atoms with Crippen LogP contribution in [0.25, 0.3) is 21.8 Å². The molecule has 4 aromatic rings. The first-order valence-electron chi connectivity index (χ1n) is 9.69. The van der Waals surface area contributed by atoms with Crippen LogP contribution in [0.1, 0.15) is 45.3 Å². The summed E-state index contributed by atoms with van der Waals surface area (Å²) in [5, 5.41) is 5.73. The summed E-state index contributed by atoms with van der Waals surface area (Å²) in [5.74, 6) is 0.205. The minimum Gasteiger partial charge on any atom is -0.339 e. The number of fused-ring (bicyclic) bond motifs is 2. The van der Waals surface area contributed by atoms with Gasteiger partial charge in [0, 0.05) is 22.0 Å². The lowest BCUT2D eigenvalue weighted by molar-refractivity contribution is 0.264. The van der Waals surface area contributed by atoms with Crippen molar-refractivity contribution in [2.75, 3.05) is 0 Å². The summed E-state index contributed by atoms with van der Waals surface area (Å²) in [6, 6.07) is 13.7. The zero-order valence-electron chi connectivity index (χ0n) is 16.9. The maximum atomic E-state index is 14.2. The Labute approximate surface area is 169 Å². The summed E-state index contributed by atoms with van der Waals surface area (Å²) < 4.78 is 43.4. The monoisotopic (exact) mass is 413 g/mol. The third-order valence-corrected chi connectivity index (χ3v) is 7.07. The van der Waals surface area contributed by atoms with Crippen LogP contribution in [0.4, 0.5) is 4.39 Å². The maximum Gasteiger partial charge on any atom is 0.283 e. The Morgan fingerprint density at radius 1 is 0.931 bits per heavy atom. The summed E-state index contributed by atoms with van der Waals surface area (Å²) in [7, 11) is -3.80. The van der Waals surface area contributed by atoms with Crippen molar-refractivity contribution in [3.05, 3.63) is 60.4 Å². The topological polar surface area (TPSA) is 56.9 Å². The zero-order chi connectivity index (χ0) is 20.9. The average Bonchev–Trinajstić information content (AvgIpc) is 3.27. The first-order chi connectivity index (χ1) is 13.7. The number of aromatic nitrogens is 3. The molecule has 0 aliphatic rings. The van der Waals surface area contributed by atoms with E-state index in [1.807, 2.05) is 29.7 Å². The van der Waals surface area contributed by atoms with Crippen LogP contribution in [-0.4, -0.2) is 28.3 Å². The van der Waals surface area contributed by atoms with E-state index in [1.54, 1.807) is 43.5 Å². The Morgan fingerprint density at radius 3 is 2.21 bits per heavy atom. The predicted molar refractivity (Wildman–Crippen MR) is 114 cm³/mol. The van der Waals surface area contributed by atoms with Crippen LogP contribution >= 0.6 is 0 Å². The fourth-order valence-corrected chi connectivity index (χ4v) is 5.02. The second-order valence-electron chi connectivity index (χ2n) is 7.79. The first-order valence-corrected chi connectivity index (χ1v) is 11.1. The van der Waals surface area contributed by atoms with Crippen molar-refractivity contribution < 1.29 is 12.8 Å². The molecule has 5 nitrogen and oxygen atoms in total. The van der Waals surface area contributed by atoms with Crippen LogP contribution in [0.5, 0.6) is 0 Å². The SMILES string of the molecule is CC(C)c1cc2cc3c(cnn3S(=O)(=O)c3ccccc3)cc2n1[C@@H](C)C(C)F. The Hall–Kier alpha value is -2.67. The molecule has 0 bridgehead atoms. The van der Waals surface area contributed by atoms with Gasteiger partial charge in [-0.3, -0.25) is 0 Å². The summed E-state index contributed by atoms with van der Waals surface area (Å²) in [6.07, 6.45) is 0.533. The number of alkyl halides is 1. The van der Waals surface area contributed by atoms with E-state index in [0.717, 1.165) is 20.7 Å². The molecular formula is C22H24FN3O2S. The maximum absolute atomic E-state index is 14.2. The number of rotatable bonds is 5. The average molecular weight is 414 g/mol. The van der Waals surface area contributed by atoms with E-state index >= 15 is 0 Å². The molecule has 0 N–H and O–H groups in total. The molecule has 0 fully saturated rings. The normalized spacial score (nSPS) is 14.7. The van der Waals surface area contributed by atoms with Gasteiger partial charge in [0.05, 0.1) is 22.7 Å². The van der Waals surface area contributed by atoms with Gasteiger partial charge in [-0.15, -0.1) is 0 Å². The van der Waals surface area contributed by atoms with E-state index in [0.29, 0.717) is 10.9 Å². The van der Waals surface area contributed by atoms with Gasteiger partial charge in [0.2, 0.25) is 0 Å². The molecule has 1 unspecified atom stereocenters. The van der Waals surface area contributed by atoms with E-state index < -0.39 is 16.2 Å². The summed E-state index contributed by atoms with van der Waals surface area (Å²) in [4.78, 5) is 0.186. The van der Waals surface area contributed by atoms with E-state index in [9.17, 15) is 12.8 Å². The summed E-state index contributed by atoms with van der Waals surface area (Å²) in [5.41, 5.74) is 2.42. The van der Waals surface area contributed by atoms with Crippen LogP contribution in [-0.2, 0) is 10.0 Å². The number of hydrogen-bond acceptors (Lipinski definition) is 3. The van der Waals surface area contributed by atoms with E-state index in [-0.39, 0.29) is 16.9 Å². The highest BCUT2D eigenvalue weighted by Crippen LogP contribution is 2.34. The fraction of sp³-hybridized carbons (Fsp3) is 0.318. The van der Waals surface area contributed by atoms with E-state index in [2.05, 4.69) is 18.9 Å². The third-order valence-electron chi connectivity index (χ3n) is 5.46. The molecule has 0 saturated carbocycles. The Kier molecular flexibility index (Phi) is 4.73. The molecule has 0 saturated heterocycles. The van der Waals surface area contributed by atoms with Crippen molar-refractivity contribution >= 4 is 31.8 Å². The lowest BCUT2D eigenvalue weighted by Gasteiger charge is -2.21. The van der Waals surface area contributed by atoms with Gasteiger partial charge in [-0.05, 0) is 50.1 Å². The van der Waals surface area contributed by atoms with Crippen molar-refractivity contribution in [2.24, 2.45) is 0 Å².